The van der Waals surface area contributed by atoms with E-state index in [0.29, 0.717) is 0 Å². The molecule has 1 rings (SSSR count). The van der Waals surface area contributed by atoms with Gasteiger partial charge in [0.05, 0.1) is 0 Å². The molecular formula is C15H30O2. The Labute approximate surface area is 107 Å². The van der Waals surface area contributed by atoms with Crippen LogP contribution in [0, 0.1) is 5.92 Å². The summed E-state index contributed by atoms with van der Waals surface area (Å²) in [6, 6.07) is 0. The predicted octanol–water partition coefficient (Wildman–Crippen LogP) is 4.02. The highest BCUT2D eigenvalue weighted by molar-refractivity contribution is 4.90. The molecule has 0 radical (unpaired) electrons. The highest BCUT2D eigenvalue weighted by Crippen LogP contribution is 2.25. The molecule has 0 amide bonds. The van der Waals surface area contributed by atoms with Crippen LogP contribution in [0.3, 0.4) is 0 Å². The molecule has 0 heterocycles. The lowest BCUT2D eigenvalue weighted by molar-refractivity contribution is -0.0228. The molecule has 1 fully saturated rings. The van der Waals surface area contributed by atoms with Crippen LogP contribution in [0.25, 0.3) is 0 Å². The van der Waals surface area contributed by atoms with E-state index in [0.717, 1.165) is 5.92 Å². The Balaban J connectivity index is 0.000000557. The van der Waals surface area contributed by atoms with Crippen molar-refractivity contribution in [2.24, 2.45) is 5.92 Å². The average molecular weight is 242 g/mol. The van der Waals surface area contributed by atoms with Crippen molar-refractivity contribution in [3.8, 4) is 0 Å². The van der Waals surface area contributed by atoms with Crippen LogP contribution in [0.1, 0.15) is 71.6 Å². The quantitative estimate of drug-likeness (QED) is 0.419. The molecule has 0 atom stereocenters. The summed E-state index contributed by atoms with van der Waals surface area (Å²) in [7, 11) is 0. The minimum atomic E-state index is -1.17. The van der Waals surface area contributed by atoms with E-state index in [9.17, 15) is 0 Å². The highest BCUT2D eigenvalue weighted by atomic mass is 16.5. The van der Waals surface area contributed by atoms with Gasteiger partial charge in [0.15, 0.2) is 0 Å². The number of unbranched alkanes of at least 4 members (excludes halogenated alkanes) is 4. The van der Waals surface area contributed by atoms with Crippen LogP contribution >= 0.6 is 0 Å². The third kappa shape index (κ3) is 13.6. The molecule has 0 aromatic heterocycles. The Morgan fingerprint density at radius 1 is 1.12 bits per heavy atom. The van der Waals surface area contributed by atoms with Gasteiger partial charge in [-0.25, -0.2) is 0 Å². The molecule has 1 saturated carbocycles. The number of rotatable bonds is 6. The van der Waals surface area contributed by atoms with Crippen molar-refractivity contribution in [3.63, 3.8) is 0 Å². The SMILES string of the molecule is CC(O)O.CCCCCC/C=C/C1CCCC1. The highest BCUT2D eigenvalue weighted by Gasteiger charge is 2.10. The third-order valence-corrected chi connectivity index (χ3v) is 3.03. The summed E-state index contributed by atoms with van der Waals surface area (Å²) in [6.45, 7) is 3.55. The lowest BCUT2D eigenvalue weighted by Gasteiger charge is -1.99. The zero-order valence-electron chi connectivity index (χ0n) is 11.6. The lowest BCUT2D eigenvalue weighted by atomic mass is 10.1. The van der Waals surface area contributed by atoms with E-state index in [1.165, 1.54) is 64.7 Å². The van der Waals surface area contributed by atoms with Gasteiger partial charge >= 0.3 is 0 Å². The molecule has 102 valence electrons. The number of hydrogen-bond donors (Lipinski definition) is 2. The van der Waals surface area contributed by atoms with Crippen LogP contribution < -0.4 is 0 Å². The van der Waals surface area contributed by atoms with Gasteiger partial charge in [0.2, 0.25) is 0 Å². The second-order valence-electron chi connectivity index (χ2n) is 4.95. The van der Waals surface area contributed by atoms with Crippen molar-refractivity contribution in [3.05, 3.63) is 12.2 Å². The van der Waals surface area contributed by atoms with E-state index in [1.807, 2.05) is 0 Å². The van der Waals surface area contributed by atoms with Gasteiger partial charge in [-0.3, -0.25) is 0 Å². The molecule has 0 aliphatic heterocycles. The van der Waals surface area contributed by atoms with Crippen molar-refractivity contribution in [1.29, 1.82) is 0 Å². The van der Waals surface area contributed by atoms with E-state index >= 15 is 0 Å². The molecular weight excluding hydrogens is 212 g/mol. The summed E-state index contributed by atoms with van der Waals surface area (Å²) >= 11 is 0. The van der Waals surface area contributed by atoms with Crippen molar-refractivity contribution in [2.45, 2.75) is 77.9 Å². The molecule has 1 aliphatic rings. The summed E-state index contributed by atoms with van der Waals surface area (Å²) in [4.78, 5) is 0. The molecule has 0 bridgehead atoms. The summed E-state index contributed by atoms with van der Waals surface area (Å²) in [6.07, 6.45) is 16.5. The average Bonchev–Trinajstić information content (AvgIpc) is 2.75. The molecule has 2 N–H and O–H groups in total. The summed E-state index contributed by atoms with van der Waals surface area (Å²) in [5, 5.41) is 15.2. The van der Waals surface area contributed by atoms with Gasteiger partial charge < -0.3 is 10.2 Å². The Hall–Kier alpha value is -0.340. The van der Waals surface area contributed by atoms with Crippen LogP contribution in [0.4, 0.5) is 0 Å². The van der Waals surface area contributed by atoms with Crippen molar-refractivity contribution in [2.75, 3.05) is 0 Å². The second-order valence-corrected chi connectivity index (χ2v) is 4.95. The summed E-state index contributed by atoms with van der Waals surface area (Å²) in [5.74, 6) is 0.936. The minimum absolute atomic E-state index is 0.936. The van der Waals surface area contributed by atoms with E-state index in [4.69, 9.17) is 10.2 Å². The lowest BCUT2D eigenvalue weighted by Crippen LogP contribution is -1.92. The monoisotopic (exact) mass is 242 g/mol. The number of aliphatic hydroxyl groups is 2. The van der Waals surface area contributed by atoms with Gasteiger partial charge in [0.25, 0.3) is 0 Å². The van der Waals surface area contributed by atoms with Gasteiger partial charge in [-0.05, 0) is 38.5 Å². The largest absolute Gasteiger partial charge is 0.368 e. The van der Waals surface area contributed by atoms with Crippen LogP contribution in [0.2, 0.25) is 0 Å². The molecule has 17 heavy (non-hydrogen) atoms. The normalized spacial score (nSPS) is 16.5. The van der Waals surface area contributed by atoms with Gasteiger partial charge in [-0.15, -0.1) is 0 Å². The number of aliphatic hydroxyl groups excluding tert-OH is 1. The standard InChI is InChI=1S/C13H24.C2H6O2/c1-2-3-4-5-6-7-10-13-11-8-9-12-13;1-2(3)4/h7,10,13H,2-6,8-9,11-12H2,1H3;2-4H,1H3/b10-7+;. The molecule has 0 aromatic rings. The molecule has 0 spiro atoms. The first-order valence-electron chi connectivity index (χ1n) is 7.19. The molecule has 2 nitrogen and oxygen atoms in total. The molecule has 1 aliphatic carbocycles. The van der Waals surface area contributed by atoms with Gasteiger partial charge in [-0.1, -0.05) is 51.2 Å². The molecule has 0 saturated heterocycles. The minimum Gasteiger partial charge on any atom is -0.368 e. The summed E-state index contributed by atoms with van der Waals surface area (Å²) < 4.78 is 0. The van der Waals surface area contributed by atoms with E-state index < -0.39 is 6.29 Å². The maximum atomic E-state index is 7.61. The zero-order chi connectivity index (χ0) is 12.9. The fraction of sp³-hybridized carbons (Fsp3) is 0.867. The van der Waals surface area contributed by atoms with Crippen molar-refractivity contribution < 1.29 is 10.2 Å². The van der Waals surface area contributed by atoms with Crippen LogP contribution in [0.5, 0.6) is 0 Å². The molecule has 2 heteroatoms. The van der Waals surface area contributed by atoms with Crippen LogP contribution in [-0.2, 0) is 0 Å². The van der Waals surface area contributed by atoms with Gasteiger partial charge in [0, 0.05) is 0 Å². The fourth-order valence-corrected chi connectivity index (χ4v) is 2.13. The Morgan fingerprint density at radius 2 is 1.71 bits per heavy atom. The molecule has 0 aromatic carbocycles. The third-order valence-electron chi connectivity index (χ3n) is 3.03. The second kappa shape index (κ2) is 12.1. The topological polar surface area (TPSA) is 40.5 Å². The molecule has 0 unspecified atom stereocenters. The first-order valence-corrected chi connectivity index (χ1v) is 7.19. The van der Waals surface area contributed by atoms with E-state index in [1.54, 1.807) is 0 Å². The summed E-state index contributed by atoms with van der Waals surface area (Å²) in [5.41, 5.74) is 0. The Morgan fingerprint density at radius 3 is 2.24 bits per heavy atom. The van der Waals surface area contributed by atoms with Gasteiger partial charge in [0.1, 0.15) is 6.29 Å². The van der Waals surface area contributed by atoms with E-state index in [-0.39, 0.29) is 0 Å². The van der Waals surface area contributed by atoms with Crippen molar-refractivity contribution in [1.82, 2.24) is 0 Å². The van der Waals surface area contributed by atoms with E-state index in [2.05, 4.69) is 19.1 Å². The van der Waals surface area contributed by atoms with Crippen LogP contribution in [-0.4, -0.2) is 16.5 Å². The number of hydrogen-bond acceptors (Lipinski definition) is 2. The first kappa shape index (κ1) is 16.7. The van der Waals surface area contributed by atoms with Crippen molar-refractivity contribution >= 4 is 0 Å². The Bertz CT molecular complexity index is 167. The zero-order valence-corrected chi connectivity index (χ0v) is 11.6. The Kier molecular flexibility index (Phi) is 11.9. The first-order chi connectivity index (χ1) is 8.16. The fourth-order valence-electron chi connectivity index (χ4n) is 2.13. The maximum absolute atomic E-state index is 7.61. The van der Waals surface area contributed by atoms with Gasteiger partial charge in [-0.2, -0.15) is 0 Å². The van der Waals surface area contributed by atoms with Crippen LogP contribution in [0.15, 0.2) is 12.2 Å². The number of allylic oxidation sites excluding steroid dienone is 2. The maximum Gasteiger partial charge on any atom is 0.148 e. The predicted molar refractivity (Wildman–Crippen MR) is 73.8 cm³/mol. The smallest absolute Gasteiger partial charge is 0.148 e.